The van der Waals surface area contributed by atoms with Gasteiger partial charge >= 0.3 is 0 Å². The standard InChI is InChI=1S/C23H35N3O2/c1-2-7-22(27)26-15-6-8-21(18-26)23(28)24-16-19-9-11-20(12-10-19)17-25-13-4-3-5-14-25/h9-12,21H,2-8,13-18H2,1H3,(H,24,28). The van der Waals surface area contributed by atoms with Crippen molar-refractivity contribution in [2.24, 2.45) is 5.92 Å². The number of benzene rings is 1. The lowest BCUT2D eigenvalue weighted by atomic mass is 9.96. The number of amides is 2. The Labute approximate surface area is 169 Å². The third-order valence-corrected chi connectivity index (χ3v) is 5.95. The van der Waals surface area contributed by atoms with Gasteiger partial charge in [0, 0.05) is 32.6 Å². The fourth-order valence-corrected chi connectivity index (χ4v) is 4.26. The molecule has 1 aromatic rings. The molecule has 2 fully saturated rings. The van der Waals surface area contributed by atoms with Gasteiger partial charge in [0.2, 0.25) is 11.8 Å². The predicted molar refractivity (Wildman–Crippen MR) is 112 cm³/mol. The molecule has 1 unspecified atom stereocenters. The Morgan fingerprint density at radius 2 is 1.71 bits per heavy atom. The Hall–Kier alpha value is -1.88. The molecule has 0 aromatic heterocycles. The van der Waals surface area contributed by atoms with Crippen molar-refractivity contribution in [1.82, 2.24) is 15.1 Å². The van der Waals surface area contributed by atoms with E-state index in [1.54, 1.807) is 0 Å². The number of likely N-dealkylation sites (tertiary alicyclic amines) is 2. The Morgan fingerprint density at radius 1 is 1.00 bits per heavy atom. The van der Waals surface area contributed by atoms with Crippen molar-refractivity contribution in [3.8, 4) is 0 Å². The fourth-order valence-electron chi connectivity index (χ4n) is 4.26. The summed E-state index contributed by atoms with van der Waals surface area (Å²) in [5, 5.41) is 3.07. The second-order valence-electron chi connectivity index (χ2n) is 8.30. The summed E-state index contributed by atoms with van der Waals surface area (Å²) in [5.74, 6) is 0.184. The SMILES string of the molecule is CCCC(=O)N1CCCC(C(=O)NCc2ccc(CN3CCCCC3)cc2)C1. The maximum absolute atomic E-state index is 12.6. The van der Waals surface area contributed by atoms with E-state index in [1.165, 1.54) is 37.9 Å². The number of carbonyl (C=O) groups excluding carboxylic acids is 2. The first kappa shape index (κ1) is 20.8. The van der Waals surface area contributed by atoms with Crippen LogP contribution in [0.25, 0.3) is 0 Å². The van der Waals surface area contributed by atoms with Crippen LogP contribution in [0.5, 0.6) is 0 Å². The fraction of sp³-hybridized carbons (Fsp3) is 0.652. The summed E-state index contributed by atoms with van der Waals surface area (Å²) >= 11 is 0. The largest absolute Gasteiger partial charge is 0.352 e. The van der Waals surface area contributed by atoms with Crippen molar-refractivity contribution in [2.75, 3.05) is 26.2 Å². The van der Waals surface area contributed by atoms with Gasteiger partial charge in [-0.1, -0.05) is 37.6 Å². The van der Waals surface area contributed by atoms with Gasteiger partial charge in [0.25, 0.3) is 0 Å². The molecular weight excluding hydrogens is 350 g/mol. The van der Waals surface area contributed by atoms with Gasteiger partial charge in [-0.2, -0.15) is 0 Å². The molecule has 2 aliphatic heterocycles. The van der Waals surface area contributed by atoms with Gasteiger partial charge in [0.1, 0.15) is 0 Å². The van der Waals surface area contributed by atoms with Crippen LogP contribution >= 0.6 is 0 Å². The summed E-state index contributed by atoms with van der Waals surface area (Å²) in [6.07, 6.45) is 7.22. The molecule has 0 radical (unpaired) electrons. The summed E-state index contributed by atoms with van der Waals surface area (Å²) in [7, 11) is 0. The highest BCUT2D eigenvalue weighted by Crippen LogP contribution is 2.18. The van der Waals surface area contributed by atoms with Gasteiger partial charge < -0.3 is 10.2 Å². The van der Waals surface area contributed by atoms with E-state index in [1.807, 2.05) is 11.8 Å². The van der Waals surface area contributed by atoms with Gasteiger partial charge in [-0.25, -0.2) is 0 Å². The van der Waals surface area contributed by atoms with E-state index in [-0.39, 0.29) is 17.7 Å². The van der Waals surface area contributed by atoms with E-state index in [0.29, 0.717) is 19.5 Å². The zero-order valence-corrected chi connectivity index (χ0v) is 17.3. The lowest BCUT2D eigenvalue weighted by Crippen LogP contribution is -2.45. The van der Waals surface area contributed by atoms with Crippen molar-refractivity contribution in [3.05, 3.63) is 35.4 Å². The van der Waals surface area contributed by atoms with E-state index < -0.39 is 0 Å². The molecule has 2 aliphatic rings. The van der Waals surface area contributed by atoms with Crippen molar-refractivity contribution in [1.29, 1.82) is 0 Å². The Kier molecular flexibility index (Phi) is 7.90. The van der Waals surface area contributed by atoms with Crippen LogP contribution in [-0.2, 0) is 22.7 Å². The molecule has 0 aliphatic carbocycles. The van der Waals surface area contributed by atoms with E-state index >= 15 is 0 Å². The Bertz CT molecular complexity index is 638. The molecule has 0 saturated carbocycles. The molecule has 154 valence electrons. The number of hydrogen-bond acceptors (Lipinski definition) is 3. The molecule has 5 nitrogen and oxygen atoms in total. The first-order valence-corrected chi connectivity index (χ1v) is 11.0. The minimum atomic E-state index is -0.0760. The molecule has 1 atom stereocenters. The highest BCUT2D eigenvalue weighted by atomic mass is 16.2. The van der Waals surface area contributed by atoms with Crippen molar-refractivity contribution in [2.45, 2.75) is 65.0 Å². The lowest BCUT2D eigenvalue weighted by Gasteiger charge is -2.32. The predicted octanol–water partition coefficient (Wildman–Crippen LogP) is 3.33. The summed E-state index contributed by atoms with van der Waals surface area (Å²) < 4.78 is 0. The molecule has 2 saturated heterocycles. The van der Waals surface area contributed by atoms with E-state index in [2.05, 4.69) is 34.5 Å². The molecule has 5 heteroatoms. The van der Waals surface area contributed by atoms with Crippen molar-refractivity contribution >= 4 is 11.8 Å². The van der Waals surface area contributed by atoms with Crippen LogP contribution < -0.4 is 5.32 Å². The molecular formula is C23H35N3O2. The highest BCUT2D eigenvalue weighted by Gasteiger charge is 2.27. The number of hydrogen-bond donors (Lipinski definition) is 1. The number of rotatable bonds is 7. The molecule has 1 aromatic carbocycles. The smallest absolute Gasteiger partial charge is 0.225 e. The first-order chi connectivity index (χ1) is 13.7. The quantitative estimate of drug-likeness (QED) is 0.783. The normalized spacial score (nSPS) is 20.8. The van der Waals surface area contributed by atoms with Crippen LogP contribution in [0, 0.1) is 5.92 Å². The second kappa shape index (κ2) is 10.6. The highest BCUT2D eigenvalue weighted by molar-refractivity contribution is 5.81. The molecule has 28 heavy (non-hydrogen) atoms. The minimum Gasteiger partial charge on any atom is -0.352 e. The van der Waals surface area contributed by atoms with Crippen molar-refractivity contribution < 1.29 is 9.59 Å². The monoisotopic (exact) mass is 385 g/mol. The van der Waals surface area contributed by atoms with Gasteiger partial charge in [0.15, 0.2) is 0 Å². The lowest BCUT2D eigenvalue weighted by molar-refractivity contribution is -0.135. The molecule has 2 heterocycles. The van der Waals surface area contributed by atoms with Crippen LogP contribution in [0.3, 0.4) is 0 Å². The second-order valence-corrected chi connectivity index (χ2v) is 8.30. The molecule has 0 bridgehead atoms. The third kappa shape index (κ3) is 6.06. The van der Waals surface area contributed by atoms with Gasteiger partial charge in [-0.05, 0) is 56.3 Å². The van der Waals surface area contributed by atoms with Gasteiger partial charge in [0.05, 0.1) is 5.92 Å². The van der Waals surface area contributed by atoms with Crippen LogP contribution in [0.4, 0.5) is 0 Å². The van der Waals surface area contributed by atoms with E-state index in [0.717, 1.165) is 37.9 Å². The summed E-state index contributed by atoms with van der Waals surface area (Å²) in [6, 6.07) is 8.61. The van der Waals surface area contributed by atoms with Gasteiger partial charge in [-0.3, -0.25) is 14.5 Å². The Morgan fingerprint density at radius 3 is 2.43 bits per heavy atom. The van der Waals surface area contributed by atoms with E-state index in [9.17, 15) is 9.59 Å². The molecule has 0 spiro atoms. The first-order valence-electron chi connectivity index (χ1n) is 11.0. The zero-order chi connectivity index (χ0) is 19.8. The number of nitrogens with one attached hydrogen (secondary N) is 1. The number of piperidine rings is 2. The van der Waals surface area contributed by atoms with Crippen LogP contribution in [0.15, 0.2) is 24.3 Å². The molecule has 2 amide bonds. The summed E-state index contributed by atoms with van der Waals surface area (Å²) in [4.78, 5) is 29.1. The van der Waals surface area contributed by atoms with Gasteiger partial charge in [-0.15, -0.1) is 0 Å². The molecule has 1 N–H and O–H groups in total. The van der Waals surface area contributed by atoms with Crippen molar-refractivity contribution in [3.63, 3.8) is 0 Å². The summed E-state index contributed by atoms with van der Waals surface area (Å²) in [6.45, 7) is 7.37. The Balaban J connectivity index is 1.44. The maximum Gasteiger partial charge on any atom is 0.225 e. The number of nitrogens with zero attached hydrogens (tertiary/aromatic N) is 2. The molecule has 3 rings (SSSR count). The average molecular weight is 386 g/mol. The average Bonchev–Trinajstić information content (AvgIpc) is 2.74. The topological polar surface area (TPSA) is 52.7 Å². The van der Waals surface area contributed by atoms with Crippen LogP contribution in [0.2, 0.25) is 0 Å². The van der Waals surface area contributed by atoms with E-state index in [4.69, 9.17) is 0 Å². The minimum absolute atomic E-state index is 0.0754. The number of carbonyl (C=O) groups is 2. The summed E-state index contributed by atoms with van der Waals surface area (Å²) in [5.41, 5.74) is 2.47. The van der Waals surface area contributed by atoms with Crippen LogP contribution in [-0.4, -0.2) is 47.8 Å². The maximum atomic E-state index is 12.6. The third-order valence-electron chi connectivity index (χ3n) is 5.95. The van der Waals surface area contributed by atoms with Crippen LogP contribution in [0.1, 0.15) is 63.0 Å². The zero-order valence-electron chi connectivity index (χ0n) is 17.3.